The Hall–Kier alpha value is -0.830. The summed E-state index contributed by atoms with van der Waals surface area (Å²) in [5, 5.41) is 0.273. The molecule has 0 aromatic carbocycles. The second kappa shape index (κ2) is 5.75. The number of halogens is 1. The molecule has 0 unspecified atom stereocenters. The topological polar surface area (TPSA) is 51.8 Å². The summed E-state index contributed by atoms with van der Waals surface area (Å²) in [5.41, 5.74) is 6.32. The molecule has 0 radical (unpaired) electrons. The van der Waals surface area contributed by atoms with Crippen molar-refractivity contribution in [3.63, 3.8) is 0 Å². The number of hydrogen-bond donors (Lipinski definition) is 1. The molecule has 0 aliphatic heterocycles. The molecule has 0 amide bonds. The minimum Gasteiger partial charge on any atom is -0.381 e. The first-order valence-corrected chi connectivity index (χ1v) is 4.77. The molecule has 74 valence electrons. The number of rotatable bonds is 1. The number of nitrogen functional groups attached to an aromatic ring is 1. The largest absolute Gasteiger partial charge is 0.381 e. The normalized spacial score (nSPS) is 9.38. The molecule has 1 aromatic heterocycles. The SMILES string of the molecule is CC.CC(C)c1cnc(Cl)c(N)n1. The molecule has 0 bridgehead atoms. The second-order valence-electron chi connectivity index (χ2n) is 2.63. The Morgan fingerprint density at radius 1 is 1.38 bits per heavy atom. The monoisotopic (exact) mass is 201 g/mol. The van der Waals surface area contributed by atoms with Crippen LogP contribution in [0.2, 0.25) is 5.15 Å². The lowest BCUT2D eigenvalue weighted by molar-refractivity contribution is 0.815. The van der Waals surface area contributed by atoms with Crippen molar-refractivity contribution in [1.29, 1.82) is 0 Å². The number of hydrogen-bond acceptors (Lipinski definition) is 3. The van der Waals surface area contributed by atoms with Crippen LogP contribution in [0.5, 0.6) is 0 Å². The first-order chi connectivity index (χ1) is 6.11. The molecule has 0 aliphatic carbocycles. The first-order valence-electron chi connectivity index (χ1n) is 4.39. The third-order valence-corrected chi connectivity index (χ3v) is 1.65. The molecule has 0 aliphatic rings. The molecular formula is C9H16ClN3. The smallest absolute Gasteiger partial charge is 0.171 e. The third kappa shape index (κ3) is 3.59. The van der Waals surface area contributed by atoms with Gasteiger partial charge in [-0.1, -0.05) is 39.3 Å². The molecular weight excluding hydrogens is 186 g/mol. The predicted molar refractivity (Wildman–Crippen MR) is 56.9 cm³/mol. The lowest BCUT2D eigenvalue weighted by Crippen LogP contribution is -1.99. The zero-order valence-electron chi connectivity index (χ0n) is 8.50. The molecule has 13 heavy (non-hydrogen) atoms. The highest BCUT2D eigenvalue weighted by Gasteiger charge is 2.04. The Bertz CT molecular complexity index is 261. The number of anilines is 1. The van der Waals surface area contributed by atoms with Gasteiger partial charge >= 0.3 is 0 Å². The fraction of sp³-hybridized carbons (Fsp3) is 0.556. The maximum Gasteiger partial charge on any atom is 0.171 e. The minimum atomic E-state index is 0.273. The van der Waals surface area contributed by atoms with Crippen LogP contribution in [0, 0.1) is 0 Å². The highest BCUT2D eigenvalue weighted by atomic mass is 35.5. The lowest BCUT2D eigenvalue weighted by atomic mass is 10.1. The van der Waals surface area contributed by atoms with E-state index in [0.717, 1.165) is 5.69 Å². The van der Waals surface area contributed by atoms with Crippen LogP contribution >= 0.6 is 11.6 Å². The van der Waals surface area contributed by atoms with E-state index in [1.54, 1.807) is 6.20 Å². The van der Waals surface area contributed by atoms with E-state index < -0.39 is 0 Å². The average molecular weight is 202 g/mol. The van der Waals surface area contributed by atoms with E-state index in [9.17, 15) is 0 Å². The summed E-state index contributed by atoms with van der Waals surface area (Å²) in [6.45, 7) is 8.05. The van der Waals surface area contributed by atoms with E-state index in [0.29, 0.717) is 11.7 Å². The molecule has 0 saturated carbocycles. The van der Waals surface area contributed by atoms with Crippen molar-refractivity contribution < 1.29 is 0 Å². The van der Waals surface area contributed by atoms with E-state index in [-0.39, 0.29) is 5.15 Å². The predicted octanol–water partition coefficient (Wildman–Crippen LogP) is 2.86. The summed E-state index contributed by atoms with van der Waals surface area (Å²) in [4.78, 5) is 7.93. The Kier molecular flexibility index (Phi) is 5.39. The summed E-state index contributed by atoms with van der Waals surface area (Å²) in [6.07, 6.45) is 1.64. The van der Waals surface area contributed by atoms with E-state index in [2.05, 4.69) is 9.97 Å². The zero-order valence-corrected chi connectivity index (χ0v) is 9.26. The standard InChI is InChI=1S/C7H10ClN3.C2H6/c1-4(2)5-3-10-6(8)7(9)11-5;1-2/h3-4H,1-2H3,(H2,9,11);1-2H3. The second-order valence-corrected chi connectivity index (χ2v) is 2.98. The van der Waals surface area contributed by atoms with Crippen molar-refractivity contribution in [3.8, 4) is 0 Å². The van der Waals surface area contributed by atoms with Gasteiger partial charge in [0.1, 0.15) is 0 Å². The molecule has 4 heteroatoms. The summed E-state index contributed by atoms with van der Waals surface area (Å²) in [5.74, 6) is 0.639. The van der Waals surface area contributed by atoms with Crippen LogP contribution < -0.4 is 5.73 Å². The molecule has 0 atom stereocenters. The maximum absolute atomic E-state index is 5.59. The Labute approximate surface area is 84.3 Å². The van der Waals surface area contributed by atoms with Crippen LogP contribution in [0.1, 0.15) is 39.3 Å². The fourth-order valence-corrected chi connectivity index (χ4v) is 0.772. The van der Waals surface area contributed by atoms with Crippen molar-refractivity contribution in [3.05, 3.63) is 17.0 Å². The van der Waals surface area contributed by atoms with Crippen molar-refractivity contribution in [2.45, 2.75) is 33.6 Å². The first kappa shape index (κ1) is 12.2. The van der Waals surface area contributed by atoms with Crippen LogP contribution in [0.3, 0.4) is 0 Å². The molecule has 1 rings (SSSR count). The molecule has 0 fully saturated rings. The van der Waals surface area contributed by atoms with Gasteiger partial charge in [-0.3, -0.25) is 0 Å². The Morgan fingerprint density at radius 2 is 1.92 bits per heavy atom. The fourth-order valence-electron chi connectivity index (χ4n) is 0.681. The van der Waals surface area contributed by atoms with Gasteiger partial charge in [-0.2, -0.15) is 0 Å². The van der Waals surface area contributed by atoms with Gasteiger partial charge in [0.2, 0.25) is 0 Å². The van der Waals surface area contributed by atoms with Crippen molar-refractivity contribution in [2.24, 2.45) is 0 Å². The van der Waals surface area contributed by atoms with Gasteiger partial charge in [0.25, 0.3) is 0 Å². The molecule has 0 spiro atoms. The van der Waals surface area contributed by atoms with Crippen molar-refractivity contribution in [2.75, 3.05) is 5.73 Å². The quantitative estimate of drug-likeness (QED) is 0.760. The van der Waals surface area contributed by atoms with Gasteiger partial charge in [-0.15, -0.1) is 0 Å². The summed E-state index contributed by atoms with van der Waals surface area (Å²) in [6, 6.07) is 0. The maximum atomic E-state index is 5.59. The van der Waals surface area contributed by atoms with Crippen molar-refractivity contribution in [1.82, 2.24) is 9.97 Å². The summed E-state index contributed by atoms with van der Waals surface area (Å²) >= 11 is 5.59. The number of aromatic nitrogens is 2. The van der Waals surface area contributed by atoms with Crippen LogP contribution in [-0.4, -0.2) is 9.97 Å². The van der Waals surface area contributed by atoms with Crippen LogP contribution in [-0.2, 0) is 0 Å². The van der Waals surface area contributed by atoms with Gasteiger partial charge < -0.3 is 5.73 Å². The number of nitrogens with two attached hydrogens (primary N) is 1. The van der Waals surface area contributed by atoms with E-state index in [1.165, 1.54) is 0 Å². The van der Waals surface area contributed by atoms with Gasteiger partial charge in [-0.25, -0.2) is 9.97 Å². The van der Waals surface area contributed by atoms with Crippen LogP contribution in [0.15, 0.2) is 6.20 Å². The number of nitrogens with zero attached hydrogens (tertiary/aromatic N) is 2. The van der Waals surface area contributed by atoms with Crippen LogP contribution in [0.4, 0.5) is 5.82 Å². The van der Waals surface area contributed by atoms with Gasteiger partial charge in [0.05, 0.1) is 11.9 Å². The lowest BCUT2D eigenvalue weighted by Gasteiger charge is -2.04. The van der Waals surface area contributed by atoms with Crippen LogP contribution in [0.25, 0.3) is 0 Å². The molecule has 0 saturated heterocycles. The zero-order chi connectivity index (χ0) is 10.4. The molecule has 3 nitrogen and oxygen atoms in total. The van der Waals surface area contributed by atoms with E-state index in [1.807, 2.05) is 27.7 Å². The Balaban J connectivity index is 0.000000671. The van der Waals surface area contributed by atoms with E-state index in [4.69, 9.17) is 17.3 Å². The van der Waals surface area contributed by atoms with Gasteiger partial charge in [0.15, 0.2) is 11.0 Å². The Morgan fingerprint density at radius 3 is 2.31 bits per heavy atom. The molecule has 2 N–H and O–H groups in total. The van der Waals surface area contributed by atoms with Gasteiger partial charge in [0, 0.05) is 0 Å². The highest BCUT2D eigenvalue weighted by molar-refractivity contribution is 6.31. The minimum absolute atomic E-state index is 0.273. The van der Waals surface area contributed by atoms with Gasteiger partial charge in [-0.05, 0) is 5.92 Å². The van der Waals surface area contributed by atoms with Crippen molar-refractivity contribution >= 4 is 17.4 Å². The summed E-state index contributed by atoms with van der Waals surface area (Å²) in [7, 11) is 0. The molecule has 1 heterocycles. The highest BCUT2D eigenvalue weighted by Crippen LogP contribution is 2.16. The average Bonchev–Trinajstić information content (AvgIpc) is 2.13. The van der Waals surface area contributed by atoms with E-state index >= 15 is 0 Å². The summed E-state index contributed by atoms with van der Waals surface area (Å²) < 4.78 is 0. The third-order valence-electron chi connectivity index (χ3n) is 1.36. The molecule has 1 aromatic rings.